The van der Waals surface area contributed by atoms with Gasteiger partial charge < -0.3 is 14.6 Å². The smallest absolute Gasteiger partial charge is 0.305 e. The molecule has 0 aliphatic carbocycles. The Hall–Kier alpha value is -2.06. The monoisotopic (exact) mass is 465 g/mol. The van der Waals surface area contributed by atoms with E-state index < -0.39 is 5.97 Å². The van der Waals surface area contributed by atoms with Gasteiger partial charge in [-0.3, -0.25) is 14.5 Å². The van der Waals surface area contributed by atoms with E-state index in [1.54, 1.807) is 13.2 Å². The summed E-state index contributed by atoms with van der Waals surface area (Å²) in [6, 6.07) is 5.55. The zero-order valence-corrected chi connectivity index (χ0v) is 20.0. The lowest BCUT2D eigenvalue weighted by Crippen LogP contribution is -2.30. The van der Waals surface area contributed by atoms with E-state index in [2.05, 4.69) is 13.8 Å². The summed E-state index contributed by atoms with van der Waals surface area (Å²) >= 11 is 6.40. The molecule has 0 bridgehead atoms. The van der Waals surface area contributed by atoms with Gasteiger partial charge in [-0.1, -0.05) is 62.7 Å². The van der Waals surface area contributed by atoms with Crippen LogP contribution in [-0.4, -0.2) is 46.0 Å². The zero-order valence-electron chi connectivity index (χ0n) is 18.4. The summed E-state index contributed by atoms with van der Waals surface area (Å²) in [6.45, 7) is 4.35. The molecule has 0 radical (unpaired) electrons. The van der Waals surface area contributed by atoms with E-state index in [4.69, 9.17) is 26.8 Å². The van der Waals surface area contributed by atoms with Crippen LogP contribution in [0.4, 0.5) is 0 Å². The summed E-state index contributed by atoms with van der Waals surface area (Å²) in [5.41, 5.74) is 0.787. The summed E-state index contributed by atoms with van der Waals surface area (Å²) in [5, 5.41) is 8.85. The zero-order chi connectivity index (χ0) is 22.8. The van der Waals surface area contributed by atoms with E-state index in [1.165, 1.54) is 42.3 Å². The molecule has 1 aromatic rings. The fourth-order valence-electron chi connectivity index (χ4n) is 3.23. The molecular weight excluding hydrogens is 434 g/mol. The first kappa shape index (κ1) is 25.2. The van der Waals surface area contributed by atoms with Gasteiger partial charge in [0, 0.05) is 6.54 Å². The number of nitrogens with zero attached hydrogens (tertiary/aromatic N) is 1. The molecule has 170 valence electrons. The maximum Gasteiger partial charge on any atom is 0.305 e. The standard InChI is InChI=1S/C23H31NO5S2/c1-4-5-6-7-8-9-16(2)29-18-11-10-17(14-19(18)28-3)15-20-22(27)24(23(30)31-20)13-12-21(25)26/h10-11,14-16H,4-9,12-13H2,1-3H3,(H,25,26)/b20-15+/t16-/m0/s1. The second-order valence-electron chi connectivity index (χ2n) is 7.52. The number of thioether (sulfide) groups is 1. The van der Waals surface area contributed by atoms with Crippen LogP contribution in [0.3, 0.4) is 0 Å². The van der Waals surface area contributed by atoms with Crippen molar-refractivity contribution in [2.45, 2.75) is 64.9 Å². The fourth-order valence-corrected chi connectivity index (χ4v) is 4.54. The Morgan fingerprint density at radius 1 is 1.26 bits per heavy atom. The van der Waals surface area contributed by atoms with Gasteiger partial charge in [-0.05, 0) is 43.5 Å². The number of carbonyl (C=O) groups excluding carboxylic acids is 1. The predicted molar refractivity (Wildman–Crippen MR) is 129 cm³/mol. The van der Waals surface area contributed by atoms with Gasteiger partial charge in [-0.25, -0.2) is 0 Å². The third-order valence-corrected chi connectivity index (χ3v) is 6.33. The molecule has 1 aliphatic heterocycles. The van der Waals surface area contributed by atoms with Gasteiger partial charge in [0.05, 0.1) is 24.5 Å². The highest BCUT2D eigenvalue weighted by Gasteiger charge is 2.32. The fraction of sp³-hybridized carbons (Fsp3) is 0.522. The van der Waals surface area contributed by atoms with E-state index in [0.29, 0.717) is 20.7 Å². The quantitative estimate of drug-likeness (QED) is 0.234. The highest BCUT2D eigenvalue weighted by Crippen LogP contribution is 2.35. The van der Waals surface area contributed by atoms with Gasteiger partial charge in [0.15, 0.2) is 11.5 Å². The number of unbranched alkanes of at least 4 members (excludes halogenated alkanes) is 4. The van der Waals surface area contributed by atoms with Gasteiger partial charge in [0.1, 0.15) is 4.32 Å². The van der Waals surface area contributed by atoms with Crippen molar-refractivity contribution in [2.24, 2.45) is 0 Å². The molecule has 1 amide bonds. The van der Waals surface area contributed by atoms with Crippen LogP contribution in [0.1, 0.15) is 64.4 Å². The number of carbonyl (C=O) groups is 2. The van der Waals surface area contributed by atoms with Crippen LogP contribution in [-0.2, 0) is 9.59 Å². The lowest BCUT2D eigenvalue weighted by Gasteiger charge is -2.17. The summed E-state index contributed by atoms with van der Waals surface area (Å²) in [6.07, 6.45) is 8.84. The minimum absolute atomic E-state index is 0.0732. The Bertz CT molecular complexity index is 824. The molecule has 0 spiro atoms. The maximum absolute atomic E-state index is 12.6. The van der Waals surface area contributed by atoms with E-state index in [0.717, 1.165) is 18.4 Å². The molecule has 6 nitrogen and oxygen atoms in total. The number of benzene rings is 1. The Morgan fingerprint density at radius 3 is 2.68 bits per heavy atom. The van der Waals surface area contributed by atoms with E-state index in [9.17, 15) is 9.59 Å². The first-order valence-corrected chi connectivity index (χ1v) is 11.9. The number of carboxylic acids is 1. The lowest BCUT2D eigenvalue weighted by atomic mass is 10.1. The molecular formula is C23H31NO5S2. The normalized spacial score (nSPS) is 16.1. The van der Waals surface area contributed by atoms with Crippen molar-refractivity contribution in [3.05, 3.63) is 28.7 Å². The van der Waals surface area contributed by atoms with E-state index >= 15 is 0 Å². The Morgan fingerprint density at radius 2 is 2.00 bits per heavy atom. The minimum Gasteiger partial charge on any atom is -0.493 e. The molecule has 0 saturated carbocycles. The van der Waals surface area contributed by atoms with Crippen molar-refractivity contribution in [3.63, 3.8) is 0 Å². The molecule has 1 N–H and O–H groups in total. The molecule has 2 rings (SSSR count). The largest absolute Gasteiger partial charge is 0.493 e. The summed E-state index contributed by atoms with van der Waals surface area (Å²) in [4.78, 5) is 25.2. The van der Waals surface area contributed by atoms with Gasteiger partial charge in [0.25, 0.3) is 5.91 Å². The van der Waals surface area contributed by atoms with Gasteiger partial charge in [0.2, 0.25) is 0 Å². The highest BCUT2D eigenvalue weighted by molar-refractivity contribution is 8.26. The second kappa shape index (κ2) is 12.7. The molecule has 1 aromatic carbocycles. The van der Waals surface area contributed by atoms with Crippen molar-refractivity contribution in [2.75, 3.05) is 13.7 Å². The predicted octanol–water partition coefficient (Wildman–Crippen LogP) is 5.50. The number of ether oxygens (including phenoxy) is 2. The van der Waals surface area contributed by atoms with Crippen LogP contribution in [0.15, 0.2) is 23.1 Å². The number of thiocarbonyl (C=S) groups is 1. The van der Waals surface area contributed by atoms with Gasteiger partial charge in [-0.2, -0.15) is 0 Å². The number of rotatable bonds is 13. The summed E-state index contributed by atoms with van der Waals surface area (Å²) in [7, 11) is 1.59. The van der Waals surface area contributed by atoms with Crippen molar-refractivity contribution in [3.8, 4) is 11.5 Å². The van der Waals surface area contributed by atoms with Crippen molar-refractivity contribution in [1.29, 1.82) is 0 Å². The van der Waals surface area contributed by atoms with Crippen LogP contribution in [0.25, 0.3) is 6.08 Å². The minimum atomic E-state index is -0.964. The topological polar surface area (TPSA) is 76.1 Å². The van der Waals surface area contributed by atoms with Crippen LogP contribution in [0.5, 0.6) is 11.5 Å². The van der Waals surface area contributed by atoms with Crippen LogP contribution < -0.4 is 9.47 Å². The van der Waals surface area contributed by atoms with Crippen LogP contribution in [0.2, 0.25) is 0 Å². The van der Waals surface area contributed by atoms with Gasteiger partial charge in [-0.15, -0.1) is 0 Å². The maximum atomic E-state index is 12.6. The number of amides is 1. The van der Waals surface area contributed by atoms with E-state index in [1.807, 2.05) is 18.2 Å². The molecule has 0 aromatic heterocycles. The molecule has 1 saturated heterocycles. The number of hydrogen-bond donors (Lipinski definition) is 1. The third kappa shape index (κ3) is 7.85. The van der Waals surface area contributed by atoms with Crippen LogP contribution >= 0.6 is 24.0 Å². The number of methoxy groups -OCH3 is 1. The summed E-state index contributed by atoms with van der Waals surface area (Å²) in [5.74, 6) is 0.0448. The second-order valence-corrected chi connectivity index (χ2v) is 9.19. The number of hydrogen-bond acceptors (Lipinski definition) is 6. The Balaban J connectivity index is 2.01. The van der Waals surface area contributed by atoms with Gasteiger partial charge >= 0.3 is 5.97 Å². The number of aliphatic carboxylic acids is 1. The molecule has 8 heteroatoms. The molecule has 31 heavy (non-hydrogen) atoms. The SMILES string of the molecule is CCCCCCC[C@H](C)Oc1ccc(/C=C2/SC(=S)N(CCC(=O)O)C2=O)cc1OC. The molecule has 0 unspecified atom stereocenters. The molecule has 1 heterocycles. The average molecular weight is 466 g/mol. The Kier molecular flexibility index (Phi) is 10.3. The first-order valence-electron chi connectivity index (χ1n) is 10.7. The molecule has 1 fully saturated rings. The van der Waals surface area contributed by atoms with Crippen LogP contribution in [0, 0.1) is 0 Å². The highest BCUT2D eigenvalue weighted by atomic mass is 32.2. The number of carboxylic acid groups (broad SMARTS) is 1. The lowest BCUT2D eigenvalue weighted by molar-refractivity contribution is -0.137. The summed E-state index contributed by atoms with van der Waals surface area (Å²) < 4.78 is 11.9. The Labute approximate surface area is 194 Å². The van der Waals surface area contributed by atoms with Crippen molar-refractivity contribution < 1.29 is 24.2 Å². The van der Waals surface area contributed by atoms with E-state index in [-0.39, 0.29) is 25.0 Å². The molecule has 1 atom stereocenters. The third-order valence-electron chi connectivity index (χ3n) is 4.95. The van der Waals surface area contributed by atoms with Crippen molar-refractivity contribution in [1.82, 2.24) is 4.90 Å². The van der Waals surface area contributed by atoms with Crippen molar-refractivity contribution >= 4 is 46.3 Å². The first-order chi connectivity index (χ1) is 14.8. The molecule has 1 aliphatic rings. The average Bonchev–Trinajstić information content (AvgIpc) is 2.99.